The van der Waals surface area contributed by atoms with Gasteiger partial charge in [0.2, 0.25) is 0 Å². The van der Waals surface area contributed by atoms with Gasteiger partial charge < -0.3 is 9.30 Å². The van der Waals surface area contributed by atoms with Gasteiger partial charge in [-0.25, -0.2) is 9.78 Å². The average molecular weight is 387 g/mol. The van der Waals surface area contributed by atoms with E-state index >= 15 is 0 Å². The molecule has 1 N–H and O–H groups in total. The number of thioether (sulfide) groups is 1. The third-order valence-electron chi connectivity index (χ3n) is 3.43. The second-order valence-corrected chi connectivity index (χ2v) is 7.20. The Kier molecular flexibility index (Phi) is 6.12. The van der Waals surface area contributed by atoms with Gasteiger partial charge in [0.05, 0.1) is 6.61 Å². The molecule has 1 atom stereocenters. The van der Waals surface area contributed by atoms with Gasteiger partial charge in [0, 0.05) is 18.6 Å². The fourth-order valence-electron chi connectivity index (χ4n) is 2.16. The number of fused-ring (bicyclic) bond motifs is 1. The third kappa shape index (κ3) is 4.16. The minimum Gasteiger partial charge on any atom is -0.465 e. The van der Waals surface area contributed by atoms with E-state index in [-0.39, 0.29) is 30.3 Å². The number of aromatic nitrogens is 4. The molecule has 0 fully saturated rings. The molecule has 0 aliphatic heterocycles. The fourth-order valence-corrected chi connectivity index (χ4v) is 3.14. The molecule has 2 aromatic heterocycles. The number of ether oxygens (including phenoxy) is 1. The number of imidazole rings is 1. The second-order valence-electron chi connectivity index (χ2n) is 5.30. The number of aromatic amines is 1. The molecular formula is C15H19ClN4O4S. The maximum absolute atomic E-state index is 12.3. The van der Waals surface area contributed by atoms with Crippen LogP contribution in [0.3, 0.4) is 0 Å². The summed E-state index contributed by atoms with van der Waals surface area (Å²) in [5, 5.41) is 0.460. The smallest absolute Gasteiger partial charge is 0.329 e. The maximum atomic E-state index is 12.3. The van der Waals surface area contributed by atoms with E-state index in [1.807, 2.05) is 0 Å². The molecule has 0 amide bonds. The summed E-state index contributed by atoms with van der Waals surface area (Å²) in [6, 6.07) is 0. The number of rotatable bonds is 6. The van der Waals surface area contributed by atoms with Crippen molar-refractivity contribution in [2.24, 2.45) is 7.05 Å². The Labute approximate surface area is 152 Å². The molecule has 25 heavy (non-hydrogen) atoms. The number of carbonyl (C=O) groups is 1. The van der Waals surface area contributed by atoms with Crippen molar-refractivity contribution in [2.45, 2.75) is 37.7 Å². The van der Waals surface area contributed by atoms with Crippen molar-refractivity contribution in [3.8, 4) is 0 Å². The van der Waals surface area contributed by atoms with Gasteiger partial charge in [0.25, 0.3) is 5.56 Å². The summed E-state index contributed by atoms with van der Waals surface area (Å²) >= 11 is 7.05. The van der Waals surface area contributed by atoms with E-state index in [2.05, 4.69) is 9.97 Å². The molecule has 0 saturated heterocycles. The summed E-state index contributed by atoms with van der Waals surface area (Å²) in [6.07, 6.45) is 1.71. The molecule has 8 nitrogen and oxygen atoms in total. The zero-order valence-electron chi connectivity index (χ0n) is 14.3. The van der Waals surface area contributed by atoms with Crippen LogP contribution < -0.4 is 11.2 Å². The van der Waals surface area contributed by atoms with Crippen molar-refractivity contribution >= 4 is 40.5 Å². The number of carbonyl (C=O) groups excluding carboxylic acids is 1. The third-order valence-corrected chi connectivity index (χ3v) is 4.65. The minimum absolute atomic E-state index is 0.243. The van der Waals surface area contributed by atoms with Crippen LogP contribution in [-0.2, 0) is 23.1 Å². The first kappa shape index (κ1) is 19.3. The highest BCUT2D eigenvalue weighted by Crippen LogP contribution is 2.26. The van der Waals surface area contributed by atoms with Gasteiger partial charge in [-0.3, -0.25) is 19.1 Å². The molecule has 0 bridgehead atoms. The number of aryl methyl sites for hydroxylation is 1. The molecule has 2 aromatic rings. The molecule has 0 aromatic carbocycles. The van der Waals surface area contributed by atoms with Crippen molar-refractivity contribution in [1.82, 2.24) is 19.1 Å². The van der Waals surface area contributed by atoms with Crippen molar-refractivity contribution in [2.75, 3.05) is 6.61 Å². The van der Waals surface area contributed by atoms with E-state index in [1.165, 1.54) is 11.6 Å². The van der Waals surface area contributed by atoms with Crippen LogP contribution in [0.15, 0.2) is 25.9 Å². The van der Waals surface area contributed by atoms with Crippen LogP contribution in [0, 0.1) is 0 Å². The standard InChI is InChI=1S/C15H19ClN4O4S/c1-5-24-13(22)9(3)25-15-17-11-10(20(15)7-6-8(2)16)12(21)18-14(23)19(11)4/h6,9H,5,7H2,1-4H3,(H,18,21,23)/b8-6+/t9-/m0/s1. The number of esters is 1. The van der Waals surface area contributed by atoms with Gasteiger partial charge in [-0.05, 0) is 20.8 Å². The molecule has 2 heterocycles. The summed E-state index contributed by atoms with van der Waals surface area (Å²) in [6.45, 7) is 5.70. The van der Waals surface area contributed by atoms with Gasteiger partial charge in [0.1, 0.15) is 5.25 Å². The van der Waals surface area contributed by atoms with Crippen LogP contribution in [0.1, 0.15) is 20.8 Å². The van der Waals surface area contributed by atoms with Crippen molar-refractivity contribution in [1.29, 1.82) is 0 Å². The molecule has 0 saturated carbocycles. The van der Waals surface area contributed by atoms with E-state index in [0.717, 1.165) is 11.8 Å². The number of halogens is 1. The van der Waals surface area contributed by atoms with Crippen molar-refractivity contribution in [3.63, 3.8) is 0 Å². The summed E-state index contributed by atoms with van der Waals surface area (Å²) in [4.78, 5) is 42.6. The summed E-state index contributed by atoms with van der Waals surface area (Å²) in [5.41, 5.74) is -0.606. The highest BCUT2D eigenvalue weighted by molar-refractivity contribution is 8.00. The normalized spacial score (nSPS) is 13.2. The summed E-state index contributed by atoms with van der Waals surface area (Å²) < 4.78 is 7.88. The van der Waals surface area contributed by atoms with Crippen LogP contribution in [0.25, 0.3) is 11.2 Å². The number of nitrogens with one attached hydrogen (secondary N) is 1. The highest BCUT2D eigenvalue weighted by Gasteiger charge is 2.22. The van der Waals surface area contributed by atoms with Crippen molar-refractivity contribution < 1.29 is 9.53 Å². The lowest BCUT2D eigenvalue weighted by atomic mass is 10.4. The predicted octanol–water partition coefficient (Wildman–Crippen LogP) is 1.61. The van der Waals surface area contributed by atoms with Crippen LogP contribution in [0.4, 0.5) is 0 Å². The van der Waals surface area contributed by atoms with Crippen molar-refractivity contribution in [3.05, 3.63) is 31.9 Å². The Morgan fingerprint density at radius 1 is 1.48 bits per heavy atom. The SMILES string of the molecule is CCOC(=O)[C@H](C)Sc1nc2c(c(=O)[nH]c(=O)n2C)n1C/C=C(\C)Cl. The van der Waals surface area contributed by atoms with Gasteiger partial charge in [-0.1, -0.05) is 29.4 Å². The Hall–Kier alpha value is -2.00. The molecule has 2 rings (SSSR count). The largest absolute Gasteiger partial charge is 0.465 e. The lowest BCUT2D eigenvalue weighted by molar-refractivity contribution is -0.142. The second kappa shape index (κ2) is 7.92. The molecule has 0 spiro atoms. The number of hydrogen-bond acceptors (Lipinski definition) is 6. The lowest BCUT2D eigenvalue weighted by Gasteiger charge is -2.11. The number of nitrogens with zero attached hydrogens (tertiary/aromatic N) is 3. The van der Waals surface area contributed by atoms with E-state index in [0.29, 0.717) is 10.2 Å². The Morgan fingerprint density at radius 2 is 2.16 bits per heavy atom. The van der Waals surface area contributed by atoms with Crippen LogP contribution in [-0.4, -0.2) is 36.9 Å². The maximum Gasteiger partial charge on any atom is 0.329 e. The molecular weight excluding hydrogens is 368 g/mol. The van der Waals surface area contributed by atoms with E-state index in [4.69, 9.17) is 16.3 Å². The molecule has 0 aliphatic rings. The summed E-state index contributed by atoms with van der Waals surface area (Å²) in [7, 11) is 1.52. The van der Waals surface area contributed by atoms with Gasteiger partial charge in [-0.2, -0.15) is 0 Å². The summed E-state index contributed by atoms with van der Waals surface area (Å²) in [5.74, 6) is -0.377. The van der Waals surface area contributed by atoms with E-state index in [9.17, 15) is 14.4 Å². The fraction of sp³-hybridized carbons (Fsp3) is 0.467. The van der Waals surface area contributed by atoms with E-state index < -0.39 is 16.5 Å². The molecule has 136 valence electrons. The molecule has 0 unspecified atom stereocenters. The predicted molar refractivity (Wildman–Crippen MR) is 97.2 cm³/mol. The first-order valence-corrected chi connectivity index (χ1v) is 8.87. The average Bonchev–Trinajstić information content (AvgIpc) is 2.89. The van der Waals surface area contributed by atoms with E-state index in [1.54, 1.807) is 31.4 Å². The zero-order valence-corrected chi connectivity index (χ0v) is 15.9. The van der Waals surface area contributed by atoms with Crippen LogP contribution in [0.2, 0.25) is 0 Å². The van der Waals surface area contributed by atoms with Crippen LogP contribution >= 0.6 is 23.4 Å². The quantitative estimate of drug-likeness (QED) is 0.598. The first-order chi connectivity index (χ1) is 11.8. The Bertz CT molecular complexity index is 939. The van der Waals surface area contributed by atoms with Gasteiger partial charge in [-0.15, -0.1) is 0 Å². The molecule has 0 radical (unpaired) electrons. The topological polar surface area (TPSA) is 99.0 Å². The highest BCUT2D eigenvalue weighted by atomic mass is 35.5. The van der Waals surface area contributed by atoms with Gasteiger partial charge in [0.15, 0.2) is 16.3 Å². The zero-order chi connectivity index (χ0) is 18.7. The monoisotopic (exact) mass is 386 g/mol. The van der Waals surface area contributed by atoms with Crippen LogP contribution in [0.5, 0.6) is 0 Å². The molecule has 0 aliphatic carbocycles. The number of allylic oxidation sites excluding steroid dienone is 2. The lowest BCUT2D eigenvalue weighted by Crippen LogP contribution is -2.29. The Balaban J connectivity index is 2.60. The van der Waals surface area contributed by atoms with Gasteiger partial charge >= 0.3 is 11.7 Å². The molecule has 10 heteroatoms. The minimum atomic E-state index is -0.554. The number of H-pyrrole nitrogens is 1. The first-order valence-electron chi connectivity index (χ1n) is 7.61. The number of hydrogen-bond donors (Lipinski definition) is 1. The Morgan fingerprint density at radius 3 is 2.76 bits per heavy atom.